The molecule has 23 heavy (non-hydrogen) atoms. The molecule has 0 fully saturated rings. The molecule has 0 saturated heterocycles. The number of nitrogens with zero attached hydrogens (tertiary/aromatic N) is 1. The second-order valence-corrected chi connectivity index (χ2v) is 4.98. The molecule has 0 heterocycles. The molecule has 0 spiro atoms. The van der Waals surface area contributed by atoms with E-state index in [-0.39, 0.29) is 5.69 Å². The van der Waals surface area contributed by atoms with Gasteiger partial charge in [-0.2, -0.15) is 0 Å². The number of methoxy groups -OCH3 is 1. The van der Waals surface area contributed by atoms with Crippen molar-refractivity contribution in [2.45, 2.75) is 0 Å². The summed E-state index contributed by atoms with van der Waals surface area (Å²) < 4.78 is 5.21. The zero-order chi connectivity index (χ0) is 16.2. The Balaban J connectivity index is 1.88. The highest BCUT2D eigenvalue weighted by Gasteiger charge is 2.02. The van der Waals surface area contributed by atoms with Gasteiger partial charge in [0.05, 0.1) is 12.0 Å². The minimum atomic E-state index is -0.422. The van der Waals surface area contributed by atoms with Crippen molar-refractivity contribution in [3.05, 3.63) is 81.9 Å². The molecule has 112 valence electrons. The van der Waals surface area contributed by atoms with E-state index < -0.39 is 4.92 Å². The van der Waals surface area contributed by atoms with Gasteiger partial charge in [0.25, 0.3) is 5.69 Å². The number of non-ortho nitro benzene ring substituents is 1. The van der Waals surface area contributed by atoms with E-state index in [1.165, 1.54) is 12.1 Å². The molecule has 0 aliphatic heterocycles. The molecule has 4 nitrogen and oxygen atoms in total. The molecule has 0 aliphatic carbocycles. The van der Waals surface area contributed by atoms with Crippen LogP contribution in [0.1, 0.15) is 11.1 Å². The third kappa shape index (κ3) is 3.30. The summed E-state index contributed by atoms with van der Waals surface area (Å²) in [5, 5.41) is 12.8. The zero-order valence-corrected chi connectivity index (χ0v) is 12.4. The van der Waals surface area contributed by atoms with Crippen molar-refractivity contribution in [1.82, 2.24) is 0 Å². The van der Waals surface area contributed by atoms with Crippen molar-refractivity contribution >= 4 is 16.5 Å². The first-order valence-corrected chi connectivity index (χ1v) is 7.00. The lowest BCUT2D eigenvalue weighted by Gasteiger charge is -2.02. The van der Waals surface area contributed by atoms with E-state index in [4.69, 9.17) is 4.74 Å². The van der Waals surface area contributed by atoms with Crippen LogP contribution in [0, 0.1) is 22.0 Å². The normalized spacial score (nSPS) is 9.96. The SMILES string of the molecule is COc1ccc2cc(C#Cc3ccc([N+](=O)[O-])cc3)ccc2c1. The first-order valence-electron chi connectivity index (χ1n) is 7.00. The van der Waals surface area contributed by atoms with Gasteiger partial charge in [0.15, 0.2) is 0 Å². The third-order valence-corrected chi connectivity index (χ3v) is 3.48. The Morgan fingerprint density at radius 2 is 1.48 bits per heavy atom. The molecule has 3 aromatic rings. The van der Waals surface area contributed by atoms with E-state index >= 15 is 0 Å². The largest absolute Gasteiger partial charge is 0.497 e. The van der Waals surface area contributed by atoms with Crippen LogP contribution in [0.3, 0.4) is 0 Å². The van der Waals surface area contributed by atoms with Crippen molar-refractivity contribution in [3.63, 3.8) is 0 Å². The predicted octanol–water partition coefficient (Wildman–Crippen LogP) is 4.16. The van der Waals surface area contributed by atoms with E-state index in [9.17, 15) is 10.1 Å². The summed E-state index contributed by atoms with van der Waals surface area (Å²) in [5.41, 5.74) is 1.70. The lowest BCUT2D eigenvalue weighted by atomic mass is 10.1. The van der Waals surface area contributed by atoms with Gasteiger partial charge >= 0.3 is 0 Å². The number of nitro benzene ring substituents is 1. The Labute approximate surface area is 133 Å². The maximum absolute atomic E-state index is 10.6. The molecule has 0 saturated carbocycles. The van der Waals surface area contributed by atoms with Crippen LogP contribution in [0.5, 0.6) is 5.75 Å². The molecule has 3 rings (SSSR count). The van der Waals surface area contributed by atoms with Gasteiger partial charge in [0, 0.05) is 23.3 Å². The molecule has 0 amide bonds. The van der Waals surface area contributed by atoms with Crippen LogP contribution in [0.25, 0.3) is 10.8 Å². The molecular formula is C19H13NO3. The number of fused-ring (bicyclic) bond motifs is 1. The second-order valence-electron chi connectivity index (χ2n) is 4.98. The Morgan fingerprint density at radius 3 is 2.17 bits per heavy atom. The van der Waals surface area contributed by atoms with E-state index in [0.29, 0.717) is 0 Å². The number of benzene rings is 3. The highest BCUT2D eigenvalue weighted by molar-refractivity contribution is 5.85. The van der Waals surface area contributed by atoms with Crippen LogP contribution < -0.4 is 4.74 Å². The van der Waals surface area contributed by atoms with Crippen molar-refractivity contribution < 1.29 is 9.66 Å². The minimum absolute atomic E-state index is 0.0650. The lowest BCUT2D eigenvalue weighted by molar-refractivity contribution is -0.384. The van der Waals surface area contributed by atoms with E-state index in [0.717, 1.165) is 27.6 Å². The molecule has 3 aromatic carbocycles. The molecule has 0 unspecified atom stereocenters. The van der Waals surface area contributed by atoms with Crippen molar-refractivity contribution in [2.75, 3.05) is 7.11 Å². The Morgan fingerprint density at radius 1 is 0.870 bits per heavy atom. The molecular weight excluding hydrogens is 290 g/mol. The Kier molecular flexibility index (Phi) is 3.94. The number of nitro groups is 1. The zero-order valence-electron chi connectivity index (χ0n) is 12.4. The van der Waals surface area contributed by atoms with Gasteiger partial charge < -0.3 is 4.74 Å². The third-order valence-electron chi connectivity index (χ3n) is 3.48. The van der Waals surface area contributed by atoms with Crippen molar-refractivity contribution in [3.8, 4) is 17.6 Å². The van der Waals surface area contributed by atoms with Crippen LogP contribution in [-0.2, 0) is 0 Å². The van der Waals surface area contributed by atoms with Crippen LogP contribution in [0.4, 0.5) is 5.69 Å². The summed E-state index contributed by atoms with van der Waals surface area (Å²) in [7, 11) is 1.64. The van der Waals surface area contributed by atoms with Gasteiger partial charge in [-0.3, -0.25) is 10.1 Å². The fraction of sp³-hybridized carbons (Fsp3) is 0.0526. The van der Waals surface area contributed by atoms with Crippen LogP contribution in [0.2, 0.25) is 0 Å². The first-order chi connectivity index (χ1) is 11.2. The number of rotatable bonds is 2. The Hall–Kier alpha value is -3.32. The highest BCUT2D eigenvalue weighted by Crippen LogP contribution is 2.21. The fourth-order valence-electron chi connectivity index (χ4n) is 2.24. The van der Waals surface area contributed by atoms with Gasteiger partial charge in [-0.25, -0.2) is 0 Å². The first kappa shape index (κ1) is 14.6. The second kappa shape index (κ2) is 6.20. The Bertz CT molecular complexity index is 934. The molecule has 0 radical (unpaired) electrons. The van der Waals surface area contributed by atoms with Gasteiger partial charge in [-0.15, -0.1) is 0 Å². The highest BCUT2D eigenvalue weighted by atomic mass is 16.6. The average molecular weight is 303 g/mol. The molecule has 0 aliphatic rings. The number of ether oxygens (including phenoxy) is 1. The lowest BCUT2D eigenvalue weighted by Crippen LogP contribution is -1.87. The van der Waals surface area contributed by atoms with Gasteiger partial charge in [-0.1, -0.05) is 24.0 Å². The van der Waals surface area contributed by atoms with E-state index in [1.54, 1.807) is 19.2 Å². The summed E-state index contributed by atoms with van der Waals surface area (Å²) in [5.74, 6) is 6.92. The molecule has 0 bridgehead atoms. The smallest absolute Gasteiger partial charge is 0.269 e. The molecule has 4 heteroatoms. The fourth-order valence-corrected chi connectivity index (χ4v) is 2.24. The maximum Gasteiger partial charge on any atom is 0.269 e. The minimum Gasteiger partial charge on any atom is -0.497 e. The molecule has 0 N–H and O–H groups in total. The quantitative estimate of drug-likeness (QED) is 0.406. The maximum atomic E-state index is 10.6. The number of hydrogen-bond acceptors (Lipinski definition) is 3. The van der Waals surface area contributed by atoms with Crippen molar-refractivity contribution in [2.24, 2.45) is 0 Å². The summed E-state index contributed by atoms with van der Waals surface area (Å²) in [6.07, 6.45) is 0. The summed E-state index contributed by atoms with van der Waals surface area (Å²) in [6, 6.07) is 18.0. The topological polar surface area (TPSA) is 52.4 Å². The van der Waals surface area contributed by atoms with Crippen LogP contribution in [-0.4, -0.2) is 12.0 Å². The predicted molar refractivity (Wildman–Crippen MR) is 89.6 cm³/mol. The van der Waals surface area contributed by atoms with E-state index in [1.807, 2.05) is 36.4 Å². The number of hydrogen-bond donors (Lipinski definition) is 0. The molecule has 0 aromatic heterocycles. The average Bonchev–Trinajstić information content (AvgIpc) is 2.59. The summed E-state index contributed by atoms with van der Waals surface area (Å²) in [4.78, 5) is 10.2. The molecule has 0 atom stereocenters. The standard InChI is InChI=1S/C19H13NO3/c1-23-19-11-8-16-12-15(4-7-17(16)13-19)3-2-14-5-9-18(10-6-14)20(21)22/h4-13H,1H3. The van der Waals surface area contributed by atoms with Crippen molar-refractivity contribution in [1.29, 1.82) is 0 Å². The van der Waals surface area contributed by atoms with Gasteiger partial charge in [-0.05, 0) is 47.2 Å². The monoisotopic (exact) mass is 303 g/mol. The van der Waals surface area contributed by atoms with Crippen LogP contribution in [0.15, 0.2) is 60.7 Å². The summed E-state index contributed by atoms with van der Waals surface area (Å²) >= 11 is 0. The summed E-state index contributed by atoms with van der Waals surface area (Å²) in [6.45, 7) is 0. The van der Waals surface area contributed by atoms with Gasteiger partial charge in [0.1, 0.15) is 5.75 Å². The van der Waals surface area contributed by atoms with Gasteiger partial charge in [0.2, 0.25) is 0 Å². The van der Waals surface area contributed by atoms with Crippen LogP contribution >= 0.6 is 0 Å². The van der Waals surface area contributed by atoms with E-state index in [2.05, 4.69) is 11.8 Å².